The fourth-order valence-electron chi connectivity index (χ4n) is 1.35. The Morgan fingerprint density at radius 2 is 2.11 bits per heavy atom. The molecule has 0 saturated heterocycles. The highest BCUT2D eigenvalue weighted by Crippen LogP contribution is 2.27. The van der Waals surface area contributed by atoms with E-state index >= 15 is 0 Å². The molecule has 0 atom stereocenters. The summed E-state index contributed by atoms with van der Waals surface area (Å²) in [6, 6.07) is 1.37. The van der Waals surface area contributed by atoms with Crippen molar-refractivity contribution < 1.29 is 23.6 Å². The quantitative estimate of drug-likeness (QED) is 0.273. The smallest absolute Gasteiger partial charge is 0.313 e. The van der Waals surface area contributed by atoms with E-state index in [1.165, 1.54) is 0 Å². The molecular formula is C11H9ClFNO5. The second-order valence-electron chi connectivity index (χ2n) is 3.45. The number of ether oxygens (including phenoxy) is 1. The minimum absolute atomic E-state index is 0.0726. The van der Waals surface area contributed by atoms with Crippen LogP contribution in [0.4, 0.5) is 10.1 Å². The van der Waals surface area contributed by atoms with Gasteiger partial charge in [0.15, 0.2) is 5.78 Å². The Kier molecular flexibility index (Phi) is 4.94. The molecule has 0 spiro atoms. The van der Waals surface area contributed by atoms with Crippen molar-refractivity contribution in [2.75, 3.05) is 6.61 Å². The SMILES string of the molecule is CCOC(=O)CC(=O)c1cc(F)c(Cl)cc1[N+](=O)[O-]. The van der Waals surface area contributed by atoms with Crippen molar-refractivity contribution in [3.63, 3.8) is 0 Å². The Hall–Kier alpha value is -2.02. The molecule has 0 saturated carbocycles. The molecule has 0 N–H and O–H groups in total. The Bertz CT molecular complexity index is 546. The summed E-state index contributed by atoms with van der Waals surface area (Å²) < 4.78 is 17.8. The predicted octanol–water partition coefficient (Wildman–Crippen LogP) is 2.52. The van der Waals surface area contributed by atoms with Crippen LogP contribution in [0.5, 0.6) is 0 Å². The molecule has 0 aromatic heterocycles. The lowest BCUT2D eigenvalue weighted by atomic mass is 10.1. The molecule has 6 nitrogen and oxygen atoms in total. The number of esters is 1. The van der Waals surface area contributed by atoms with Crippen molar-refractivity contribution >= 4 is 29.0 Å². The van der Waals surface area contributed by atoms with E-state index in [1.807, 2.05) is 0 Å². The molecule has 0 amide bonds. The maximum Gasteiger partial charge on any atom is 0.313 e. The highest BCUT2D eigenvalue weighted by molar-refractivity contribution is 6.31. The zero-order chi connectivity index (χ0) is 14.6. The van der Waals surface area contributed by atoms with Gasteiger partial charge in [0.1, 0.15) is 12.2 Å². The van der Waals surface area contributed by atoms with Crippen LogP contribution in [0.1, 0.15) is 23.7 Å². The number of Topliss-reactive ketones (excluding diaryl/α,β-unsaturated/α-hetero) is 1. The number of hydrogen-bond donors (Lipinski definition) is 0. The molecule has 0 aliphatic rings. The second kappa shape index (κ2) is 6.24. The van der Waals surface area contributed by atoms with Crippen LogP contribution in [0.2, 0.25) is 5.02 Å². The third-order valence-electron chi connectivity index (χ3n) is 2.15. The van der Waals surface area contributed by atoms with Crippen molar-refractivity contribution in [1.82, 2.24) is 0 Å². The summed E-state index contributed by atoms with van der Waals surface area (Å²) in [5, 5.41) is 10.3. The number of carbonyl (C=O) groups excluding carboxylic acids is 2. The largest absolute Gasteiger partial charge is 0.466 e. The van der Waals surface area contributed by atoms with E-state index in [4.69, 9.17) is 11.6 Å². The van der Waals surface area contributed by atoms with Gasteiger partial charge >= 0.3 is 5.97 Å². The molecule has 1 aromatic carbocycles. The summed E-state index contributed by atoms with van der Waals surface area (Å²) in [5.41, 5.74) is -1.17. The van der Waals surface area contributed by atoms with E-state index in [2.05, 4.69) is 4.74 Å². The van der Waals surface area contributed by atoms with E-state index in [1.54, 1.807) is 6.92 Å². The Morgan fingerprint density at radius 3 is 2.63 bits per heavy atom. The highest BCUT2D eigenvalue weighted by Gasteiger charge is 2.25. The number of rotatable bonds is 5. The Morgan fingerprint density at radius 1 is 1.47 bits per heavy atom. The van der Waals surface area contributed by atoms with E-state index < -0.39 is 45.2 Å². The maximum absolute atomic E-state index is 13.2. The van der Waals surface area contributed by atoms with Crippen LogP contribution in [0.15, 0.2) is 12.1 Å². The third-order valence-corrected chi connectivity index (χ3v) is 2.44. The molecule has 0 aliphatic carbocycles. The van der Waals surface area contributed by atoms with Crippen LogP contribution < -0.4 is 0 Å². The molecule has 0 radical (unpaired) electrons. The molecule has 0 aliphatic heterocycles. The van der Waals surface area contributed by atoms with Crippen LogP contribution in [0.3, 0.4) is 0 Å². The van der Waals surface area contributed by atoms with Crippen LogP contribution in [0, 0.1) is 15.9 Å². The molecule has 19 heavy (non-hydrogen) atoms. The highest BCUT2D eigenvalue weighted by atomic mass is 35.5. The van der Waals surface area contributed by atoms with Crippen molar-refractivity contribution in [3.8, 4) is 0 Å². The van der Waals surface area contributed by atoms with Gasteiger partial charge in [-0.15, -0.1) is 0 Å². The molecular weight excluding hydrogens is 281 g/mol. The minimum Gasteiger partial charge on any atom is -0.466 e. The van der Waals surface area contributed by atoms with Gasteiger partial charge in [-0.2, -0.15) is 0 Å². The van der Waals surface area contributed by atoms with Gasteiger partial charge in [-0.05, 0) is 13.0 Å². The fourth-order valence-corrected chi connectivity index (χ4v) is 1.51. The number of hydrogen-bond acceptors (Lipinski definition) is 5. The Balaban J connectivity index is 3.11. The summed E-state index contributed by atoms with van der Waals surface area (Å²) in [4.78, 5) is 32.7. The van der Waals surface area contributed by atoms with Crippen LogP contribution in [-0.2, 0) is 9.53 Å². The van der Waals surface area contributed by atoms with Gasteiger partial charge in [0.05, 0.1) is 22.1 Å². The lowest BCUT2D eigenvalue weighted by Gasteiger charge is -2.04. The van der Waals surface area contributed by atoms with E-state index in [0.717, 1.165) is 6.07 Å². The minimum atomic E-state index is -0.973. The van der Waals surface area contributed by atoms with Gasteiger partial charge in [0.25, 0.3) is 5.69 Å². The molecule has 1 rings (SSSR count). The lowest BCUT2D eigenvalue weighted by molar-refractivity contribution is -0.385. The molecule has 0 heterocycles. The van der Waals surface area contributed by atoms with Gasteiger partial charge in [0.2, 0.25) is 0 Å². The maximum atomic E-state index is 13.2. The van der Waals surface area contributed by atoms with Crippen LogP contribution in [0.25, 0.3) is 0 Å². The van der Waals surface area contributed by atoms with Gasteiger partial charge in [-0.25, -0.2) is 4.39 Å². The van der Waals surface area contributed by atoms with Crippen molar-refractivity contribution in [2.24, 2.45) is 0 Å². The van der Waals surface area contributed by atoms with E-state index in [0.29, 0.717) is 6.07 Å². The first-order valence-corrected chi connectivity index (χ1v) is 5.56. The summed E-state index contributed by atoms with van der Waals surface area (Å²) in [7, 11) is 0. The standard InChI is InChI=1S/C11H9ClFNO5/c1-2-19-11(16)5-10(15)6-3-8(13)7(12)4-9(6)14(17)18/h3-4H,2,5H2,1H3. The molecule has 0 bridgehead atoms. The summed E-state index contributed by atoms with van der Waals surface area (Å²) >= 11 is 5.41. The fraction of sp³-hybridized carbons (Fsp3) is 0.273. The number of benzene rings is 1. The second-order valence-corrected chi connectivity index (χ2v) is 3.85. The molecule has 8 heteroatoms. The summed E-state index contributed by atoms with van der Waals surface area (Å²) in [6.07, 6.45) is -0.699. The normalized spacial score (nSPS) is 10.1. The van der Waals surface area contributed by atoms with Crippen molar-refractivity contribution in [1.29, 1.82) is 0 Å². The average Bonchev–Trinajstić information content (AvgIpc) is 2.31. The number of nitro benzene ring substituents is 1. The molecule has 102 valence electrons. The van der Waals surface area contributed by atoms with Gasteiger partial charge < -0.3 is 4.74 Å². The van der Waals surface area contributed by atoms with Crippen molar-refractivity contribution in [3.05, 3.63) is 38.7 Å². The van der Waals surface area contributed by atoms with Gasteiger partial charge in [0, 0.05) is 6.07 Å². The van der Waals surface area contributed by atoms with Crippen molar-refractivity contribution in [2.45, 2.75) is 13.3 Å². The zero-order valence-corrected chi connectivity index (χ0v) is 10.6. The first kappa shape index (κ1) is 15.0. The molecule has 1 aromatic rings. The van der Waals surface area contributed by atoms with Crippen LogP contribution >= 0.6 is 11.6 Å². The summed E-state index contributed by atoms with van der Waals surface area (Å²) in [6.45, 7) is 1.62. The third kappa shape index (κ3) is 3.72. The zero-order valence-electron chi connectivity index (χ0n) is 9.81. The van der Waals surface area contributed by atoms with E-state index in [-0.39, 0.29) is 6.61 Å². The monoisotopic (exact) mass is 289 g/mol. The summed E-state index contributed by atoms with van der Waals surface area (Å²) in [5.74, 6) is -2.71. The number of nitro groups is 1. The predicted molar refractivity (Wildman–Crippen MR) is 63.6 cm³/mol. The van der Waals surface area contributed by atoms with E-state index in [9.17, 15) is 24.1 Å². The van der Waals surface area contributed by atoms with Crippen LogP contribution in [-0.4, -0.2) is 23.3 Å². The first-order valence-electron chi connectivity index (χ1n) is 5.19. The number of nitrogens with zero attached hydrogens (tertiary/aromatic N) is 1. The average molecular weight is 290 g/mol. The van der Waals surface area contributed by atoms with Gasteiger partial charge in [-0.3, -0.25) is 19.7 Å². The topological polar surface area (TPSA) is 86.5 Å². The lowest BCUT2D eigenvalue weighted by Crippen LogP contribution is -2.13. The molecule has 0 fully saturated rings. The van der Waals surface area contributed by atoms with Gasteiger partial charge in [-0.1, -0.05) is 11.6 Å². The Labute approximate surface area is 112 Å². The number of ketones is 1. The number of halogens is 2. The number of carbonyl (C=O) groups is 2. The first-order chi connectivity index (χ1) is 8.86. The molecule has 0 unspecified atom stereocenters.